The molecule has 31 heavy (non-hydrogen) atoms. The Morgan fingerprint density at radius 1 is 1.03 bits per heavy atom. The second-order valence-electron chi connectivity index (χ2n) is 7.58. The van der Waals surface area contributed by atoms with Gasteiger partial charge in [0.2, 0.25) is 0 Å². The fourth-order valence-corrected chi connectivity index (χ4v) is 3.59. The first-order valence-electron chi connectivity index (χ1n) is 10.9. The summed E-state index contributed by atoms with van der Waals surface area (Å²) >= 11 is 0. The van der Waals surface area contributed by atoms with Crippen LogP contribution in [0.25, 0.3) is 0 Å². The van der Waals surface area contributed by atoms with E-state index in [1.807, 2.05) is 49.6 Å². The zero-order valence-corrected chi connectivity index (χ0v) is 18.1. The molecule has 0 bridgehead atoms. The maximum atomic E-state index is 12.1. The van der Waals surface area contributed by atoms with Crippen LogP contribution < -0.4 is 20.9 Å². The minimum Gasteiger partial charge on any atom is -0.369 e. The van der Waals surface area contributed by atoms with Gasteiger partial charge in [-0.05, 0) is 49.3 Å². The summed E-state index contributed by atoms with van der Waals surface area (Å²) < 4.78 is 0. The monoisotopic (exact) mass is 424 g/mol. The van der Waals surface area contributed by atoms with Crippen molar-refractivity contribution in [2.45, 2.75) is 19.9 Å². The molecular weight excluding hydrogens is 392 g/mol. The molecule has 0 radical (unpaired) electrons. The molecule has 8 heteroatoms. The number of carbonyl (C=O) groups excluding carboxylic acids is 2. The van der Waals surface area contributed by atoms with Gasteiger partial charge in [-0.1, -0.05) is 19.1 Å². The molecule has 3 N–H and O–H groups in total. The molecule has 2 aromatic rings. The van der Waals surface area contributed by atoms with E-state index < -0.39 is 11.8 Å². The van der Waals surface area contributed by atoms with Gasteiger partial charge in [0.05, 0.1) is 0 Å². The average Bonchev–Trinajstić information content (AvgIpc) is 2.81. The number of piperazine rings is 1. The summed E-state index contributed by atoms with van der Waals surface area (Å²) in [7, 11) is 0. The van der Waals surface area contributed by atoms with Crippen molar-refractivity contribution in [1.29, 1.82) is 0 Å². The number of carbonyl (C=O) groups is 2. The molecule has 1 aliphatic heterocycles. The maximum absolute atomic E-state index is 12.1. The van der Waals surface area contributed by atoms with E-state index in [0.717, 1.165) is 57.8 Å². The van der Waals surface area contributed by atoms with Crippen LogP contribution in [0.4, 0.5) is 11.4 Å². The number of pyridine rings is 1. The van der Waals surface area contributed by atoms with E-state index in [-0.39, 0.29) is 0 Å². The minimum absolute atomic E-state index is 0.483. The van der Waals surface area contributed by atoms with Crippen molar-refractivity contribution in [2.24, 2.45) is 0 Å². The van der Waals surface area contributed by atoms with E-state index in [2.05, 4.69) is 30.7 Å². The number of aromatic nitrogens is 1. The summed E-state index contributed by atoms with van der Waals surface area (Å²) in [5.74, 6) is -1.23. The van der Waals surface area contributed by atoms with Crippen molar-refractivity contribution in [3.63, 3.8) is 0 Å². The number of rotatable bonds is 9. The van der Waals surface area contributed by atoms with Gasteiger partial charge in [-0.25, -0.2) is 0 Å². The average molecular weight is 425 g/mol. The van der Waals surface area contributed by atoms with Crippen molar-refractivity contribution in [1.82, 2.24) is 20.5 Å². The standard InChI is InChI=1S/C23H32N6O2/c1-2-24-18-19-5-3-6-20(17-19)27-23(31)22(30)26-9-4-12-28-13-15-29(16-14-28)21-7-10-25-11-8-21/h3,5-8,10-11,17,24H,2,4,9,12-16,18H2,1H3,(H,26,30)(H,27,31). The van der Waals surface area contributed by atoms with Crippen LogP contribution in [0.15, 0.2) is 48.8 Å². The van der Waals surface area contributed by atoms with Gasteiger partial charge in [-0.15, -0.1) is 0 Å². The normalized spacial score (nSPS) is 14.3. The van der Waals surface area contributed by atoms with E-state index in [4.69, 9.17) is 0 Å². The molecule has 1 aliphatic rings. The fraction of sp³-hybridized carbons (Fsp3) is 0.435. The number of hydrogen-bond donors (Lipinski definition) is 3. The molecular formula is C23H32N6O2. The number of amides is 2. The molecule has 0 atom stereocenters. The molecule has 166 valence electrons. The topological polar surface area (TPSA) is 89.6 Å². The molecule has 2 heterocycles. The van der Waals surface area contributed by atoms with Gasteiger partial charge in [0.15, 0.2) is 0 Å². The predicted octanol–water partition coefficient (Wildman–Crippen LogP) is 1.46. The number of nitrogens with zero attached hydrogens (tertiary/aromatic N) is 3. The van der Waals surface area contributed by atoms with Crippen LogP contribution in [-0.4, -0.2) is 67.5 Å². The van der Waals surface area contributed by atoms with Crippen LogP contribution in [0.3, 0.4) is 0 Å². The maximum Gasteiger partial charge on any atom is 0.313 e. The van der Waals surface area contributed by atoms with Gasteiger partial charge in [-0.3, -0.25) is 19.5 Å². The summed E-state index contributed by atoms with van der Waals surface area (Å²) in [4.78, 5) is 33.1. The molecule has 1 saturated heterocycles. The lowest BCUT2D eigenvalue weighted by molar-refractivity contribution is -0.136. The number of hydrogen-bond acceptors (Lipinski definition) is 6. The third-order valence-electron chi connectivity index (χ3n) is 5.31. The lowest BCUT2D eigenvalue weighted by atomic mass is 10.2. The van der Waals surface area contributed by atoms with E-state index in [1.54, 1.807) is 6.07 Å². The molecule has 1 aromatic carbocycles. The van der Waals surface area contributed by atoms with E-state index in [9.17, 15) is 9.59 Å². The third-order valence-corrected chi connectivity index (χ3v) is 5.31. The fourth-order valence-electron chi connectivity index (χ4n) is 3.59. The molecule has 1 fully saturated rings. The first-order chi connectivity index (χ1) is 15.2. The van der Waals surface area contributed by atoms with Crippen LogP contribution in [0.2, 0.25) is 0 Å². The highest BCUT2D eigenvalue weighted by atomic mass is 16.2. The van der Waals surface area contributed by atoms with Crippen molar-refractivity contribution in [3.8, 4) is 0 Å². The van der Waals surface area contributed by atoms with E-state index >= 15 is 0 Å². The predicted molar refractivity (Wildman–Crippen MR) is 123 cm³/mol. The molecule has 0 saturated carbocycles. The second kappa shape index (κ2) is 12.0. The van der Waals surface area contributed by atoms with Crippen LogP contribution in [0.1, 0.15) is 18.9 Å². The van der Waals surface area contributed by atoms with Crippen LogP contribution in [0, 0.1) is 0 Å². The van der Waals surface area contributed by atoms with Crippen molar-refractivity contribution < 1.29 is 9.59 Å². The Morgan fingerprint density at radius 3 is 2.55 bits per heavy atom. The Kier molecular flexibility index (Phi) is 8.81. The summed E-state index contributed by atoms with van der Waals surface area (Å²) in [6, 6.07) is 11.6. The third kappa shape index (κ3) is 7.34. The largest absolute Gasteiger partial charge is 0.369 e. The van der Waals surface area contributed by atoms with Crippen LogP contribution >= 0.6 is 0 Å². The van der Waals surface area contributed by atoms with E-state index in [1.165, 1.54) is 5.69 Å². The Morgan fingerprint density at radius 2 is 1.81 bits per heavy atom. The smallest absolute Gasteiger partial charge is 0.313 e. The highest BCUT2D eigenvalue weighted by Crippen LogP contribution is 2.14. The number of anilines is 2. The molecule has 3 rings (SSSR count). The first-order valence-corrected chi connectivity index (χ1v) is 10.9. The summed E-state index contributed by atoms with van der Waals surface area (Å²) in [5, 5.41) is 8.63. The van der Waals surface area contributed by atoms with Gasteiger partial charge in [-0.2, -0.15) is 0 Å². The second-order valence-corrected chi connectivity index (χ2v) is 7.58. The number of benzene rings is 1. The zero-order chi connectivity index (χ0) is 21.9. The molecule has 1 aromatic heterocycles. The van der Waals surface area contributed by atoms with Gasteiger partial charge in [0, 0.05) is 63.0 Å². The van der Waals surface area contributed by atoms with Crippen LogP contribution in [-0.2, 0) is 16.1 Å². The summed E-state index contributed by atoms with van der Waals surface area (Å²) in [6.45, 7) is 8.95. The highest BCUT2D eigenvalue weighted by Gasteiger charge is 2.17. The minimum atomic E-state index is -0.633. The lowest BCUT2D eigenvalue weighted by Crippen LogP contribution is -2.47. The zero-order valence-electron chi connectivity index (χ0n) is 18.1. The SMILES string of the molecule is CCNCc1cccc(NC(=O)C(=O)NCCCN2CCN(c3ccncc3)CC2)c1. The Hall–Kier alpha value is -2.97. The van der Waals surface area contributed by atoms with E-state index in [0.29, 0.717) is 12.2 Å². The van der Waals surface area contributed by atoms with Crippen molar-refractivity contribution >= 4 is 23.2 Å². The Balaban J connectivity index is 1.32. The Labute approximate surface area is 184 Å². The van der Waals surface area contributed by atoms with Crippen molar-refractivity contribution in [3.05, 3.63) is 54.4 Å². The Bertz CT molecular complexity index is 837. The molecule has 0 unspecified atom stereocenters. The van der Waals surface area contributed by atoms with Gasteiger partial charge >= 0.3 is 11.8 Å². The molecule has 0 spiro atoms. The molecule has 2 amide bonds. The molecule has 8 nitrogen and oxygen atoms in total. The molecule has 0 aliphatic carbocycles. The van der Waals surface area contributed by atoms with Gasteiger partial charge in [0.1, 0.15) is 0 Å². The van der Waals surface area contributed by atoms with Crippen molar-refractivity contribution in [2.75, 3.05) is 56.0 Å². The summed E-state index contributed by atoms with van der Waals surface area (Å²) in [6.07, 6.45) is 4.45. The van der Waals surface area contributed by atoms with Gasteiger partial charge in [0.25, 0.3) is 0 Å². The van der Waals surface area contributed by atoms with Crippen LogP contribution in [0.5, 0.6) is 0 Å². The summed E-state index contributed by atoms with van der Waals surface area (Å²) in [5.41, 5.74) is 2.90. The van der Waals surface area contributed by atoms with Gasteiger partial charge < -0.3 is 20.9 Å². The highest BCUT2D eigenvalue weighted by molar-refractivity contribution is 6.39. The number of nitrogens with one attached hydrogen (secondary N) is 3. The lowest BCUT2D eigenvalue weighted by Gasteiger charge is -2.36. The quantitative estimate of drug-likeness (QED) is 0.417. The first kappa shape index (κ1) is 22.7.